The molecule has 1 aliphatic heterocycles. The van der Waals surface area contributed by atoms with Gasteiger partial charge in [0.15, 0.2) is 0 Å². The second kappa shape index (κ2) is 4.58. The Hall–Kier alpha value is -0.830. The fourth-order valence-corrected chi connectivity index (χ4v) is 3.79. The molecule has 0 bridgehead atoms. The Morgan fingerprint density at radius 1 is 1.31 bits per heavy atom. The van der Waals surface area contributed by atoms with Gasteiger partial charge in [0, 0.05) is 12.2 Å². The second-order valence-corrected chi connectivity index (χ2v) is 6.51. The molecule has 5 heteroatoms. The summed E-state index contributed by atoms with van der Waals surface area (Å²) in [5.41, 5.74) is 0.958. The van der Waals surface area contributed by atoms with Crippen LogP contribution in [0.1, 0.15) is 6.42 Å². The van der Waals surface area contributed by atoms with Crippen LogP contribution in [0, 0.1) is 0 Å². The third kappa shape index (κ3) is 2.01. The van der Waals surface area contributed by atoms with Crippen LogP contribution in [0.4, 0.5) is 5.69 Å². The summed E-state index contributed by atoms with van der Waals surface area (Å²) >= 11 is 0. The average Bonchev–Trinajstić information content (AvgIpc) is 2.30. The summed E-state index contributed by atoms with van der Waals surface area (Å²) in [6.07, 6.45) is 0.909. The molecule has 1 aromatic carbocycles. The van der Waals surface area contributed by atoms with Gasteiger partial charge >= 0.3 is 7.67 Å². The largest absolute Gasteiger partial charge is 0.370 e. The average molecular weight is 240 g/mol. The summed E-state index contributed by atoms with van der Waals surface area (Å²) in [7, 11) is 0.737. The highest BCUT2D eigenvalue weighted by atomic mass is 31.2. The van der Waals surface area contributed by atoms with E-state index in [9.17, 15) is 4.57 Å². The zero-order chi connectivity index (χ0) is 11.6. The van der Waals surface area contributed by atoms with Crippen molar-refractivity contribution in [2.75, 3.05) is 31.9 Å². The van der Waals surface area contributed by atoms with Crippen LogP contribution in [0.5, 0.6) is 0 Å². The molecule has 1 aliphatic rings. The monoisotopic (exact) mass is 240 g/mol. The summed E-state index contributed by atoms with van der Waals surface area (Å²) in [5, 5.41) is 0. The van der Waals surface area contributed by atoms with Gasteiger partial charge in [-0.3, -0.25) is 4.67 Å². The molecule has 1 saturated heterocycles. The molecule has 4 nitrogen and oxygen atoms in total. The number of anilines is 1. The van der Waals surface area contributed by atoms with Crippen LogP contribution in [-0.2, 0) is 9.09 Å². The highest BCUT2D eigenvalue weighted by Gasteiger charge is 2.37. The van der Waals surface area contributed by atoms with Crippen molar-refractivity contribution in [3.05, 3.63) is 30.3 Å². The van der Waals surface area contributed by atoms with E-state index in [0.717, 1.165) is 18.7 Å². The standard InChI is InChI=1S/C11H17N2O2P/c1-12(2)16(14)13(9-6-10-15-16)11-7-4-3-5-8-11/h3-5,7-8H,6,9-10H2,1-2H3. The first-order chi connectivity index (χ1) is 7.64. The lowest BCUT2D eigenvalue weighted by Crippen LogP contribution is -2.34. The smallest absolute Gasteiger partial charge is 0.302 e. The van der Waals surface area contributed by atoms with Gasteiger partial charge in [0.25, 0.3) is 0 Å². The molecule has 1 heterocycles. The third-order valence-electron chi connectivity index (χ3n) is 2.64. The summed E-state index contributed by atoms with van der Waals surface area (Å²) in [5.74, 6) is 0. The fourth-order valence-electron chi connectivity index (χ4n) is 1.80. The van der Waals surface area contributed by atoms with E-state index in [1.165, 1.54) is 0 Å². The van der Waals surface area contributed by atoms with Crippen molar-refractivity contribution >= 4 is 13.4 Å². The molecule has 0 saturated carbocycles. The highest BCUT2D eigenvalue weighted by molar-refractivity contribution is 7.58. The molecule has 2 rings (SSSR count). The minimum absolute atomic E-state index is 0.568. The number of hydrogen-bond acceptors (Lipinski definition) is 2. The number of para-hydroxylation sites is 1. The molecule has 0 amide bonds. The Morgan fingerprint density at radius 3 is 2.62 bits per heavy atom. The number of nitrogens with zero attached hydrogens (tertiary/aromatic N) is 2. The van der Waals surface area contributed by atoms with Crippen molar-refractivity contribution in [2.24, 2.45) is 0 Å². The molecule has 0 N–H and O–H groups in total. The molecule has 0 radical (unpaired) electrons. The van der Waals surface area contributed by atoms with E-state index in [-0.39, 0.29) is 0 Å². The highest BCUT2D eigenvalue weighted by Crippen LogP contribution is 2.56. The van der Waals surface area contributed by atoms with Crippen molar-refractivity contribution in [1.82, 2.24) is 4.67 Å². The third-order valence-corrected chi connectivity index (χ3v) is 5.21. The number of benzene rings is 1. The molecule has 16 heavy (non-hydrogen) atoms. The first-order valence-corrected chi connectivity index (χ1v) is 6.93. The van der Waals surface area contributed by atoms with Gasteiger partial charge in [-0.2, -0.15) is 0 Å². The maximum atomic E-state index is 12.7. The van der Waals surface area contributed by atoms with E-state index < -0.39 is 7.67 Å². The van der Waals surface area contributed by atoms with Gasteiger partial charge in [0.05, 0.1) is 6.61 Å². The van der Waals surface area contributed by atoms with Crippen LogP contribution in [-0.4, -0.2) is 31.9 Å². The lowest BCUT2D eigenvalue weighted by atomic mass is 10.3. The van der Waals surface area contributed by atoms with Crippen LogP contribution in [0.2, 0.25) is 0 Å². The molecule has 0 aliphatic carbocycles. The maximum Gasteiger partial charge on any atom is 0.370 e. The summed E-state index contributed by atoms with van der Waals surface area (Å²) in [6, 6.07) is 9.78. The molecule has 1 atom stereocenters. The van der Waals surface area contributed by atoms with E-state index in [0.29, 0.717) is 6.61 Å². The quantitative estimate of drug-likeness (QED) is 0.744. The zero-order valence-electron chi connectivity index (χ0n) is 9.67. The van der Waals surface area contributed by atoms with E-state index in [2.05, 4.69) is 0 Å². The van der Waals surface area contributed by atoms with Crippen LogP contribution in [0.25, 0.3) is 0 Å². The van der Waals surface area contributed by atoms with E-state index in [4.69, 9.17) is 4.52 Å². The van der Waals surface area contributed by atoms with E-state index in [1.54, 1.807) is 18.8 Å². The fraction of sp³-hybridized carbons (Fsp3) is 0.455. The second-order valence-electron chi connectivity index (χ2n) is 3.98. The van der Waals surface area contributed by atoms with Gasteiger partial charge in [-0.1, -0.05) is 18.2 Å². The van der Waals surface area contributed by atoms with E-state index in [1.807, 2.05) is 35.0 Å². The lowest BCUT2D eigenvalue weighted by molar-refractivity contribution is 0.258. The zero-order valence-corrected chi connectivity index (χ0v) is 10.6. The first-order valence-electron chi connectivity index (χ1n) is 5.40. The Bertz CT molecular complexity index is 394. The Kier molecular flexibility index (Phi) is 3.33. The minimum Gasteiger partial charge on any atom is -0.302 e. The summed E-state index contributed by atoms with van der Waals surface area (Å²) in [6.45, 7) is 1.35. The molecule has 1 unspecified atom stereocenters. The SMILES string of the molecule is CN(C)P1(=O)OCCCN1c1ccccc1. The van der Waals surface area contributed by atoms with Gasteiger partial charge in [0.1, 0.15) is 0 Å². The topological polar surface area (TPSA) is 32.8 Å². The van der Waals surface area contributed by atoms with Crippen LogP contribution >= 0.6 is 7.67 Å². The van der Waals surface area contributed by atoms with E-state index >= 15 is 0 Å². The Morgan fingerprint density at radius 2 is 2.00 bits per heavy atom. The molecule has 0 spiro atoms. The molecule has 88 valence electrons. The molecule has 0 aromatic heterocycles. The maximum absolute atomic E-state index is 12.7. The van der Waals surface area contributed by atoms with Crippen LogP contribution in [0.15, 0.2) is 30.3 Å². The molecular formula is C11H17N2O2P. The van der Waals surface area contributed by atoms with Crippen LogP contribution in [0.3, 0.4) is 0 Å². The molecule has 1 fully saturated rings. The summed E-state index contributed by atoms with van der Waals surface area (Å²) in [4.78, 5) is 0. The minimum atomic E-state index is -2.85. The Labute approximate surface area is 96.4 Å². The Balaban J connectivity index is 2.34. The number of rotatable bonds is 2. The van der Waals surface area contributed by atoms with Gasteiger partial charge in [-0.15, -0.1) is 0 Å². The lowest BCUT2D eigenvalue weighted by Gasteiger charge is -2.39. The first kappa shape index (κ1) is 11.6. The predicted molar refractivity (Wildman–Crippen MR) is 65.7 cm³/mol. The summed E-state index contributed by atoms with van der Waals surface area (Å²) < 4.78 is 21.7. The molecule has 1 aromatic rings. The normalized spacial score (nSPS) is 26.1. The predicted octanol–water partition coefficient (Wildman–Crippen LogP) is 2.58. The number of hydrogen-bond donors (Lipinski definition) is 0. The molecular weight excluding hydrogens is 223 g/mol. The van der Waals surface area contributed by atoms with Crippen molar-refractivity contribution in [3.63, 3.8) is 0 Å². The van der Waals surface area contributed by atoms with Gasteiger partial charge in [0.2, 0.25) is 0 Å². The van der Waals surface area contributed by atoms with Crippen molar-refractivity contribution in [2.45, 2.75) is 6.42 Å². The van der Waals surface area contributed by atoms with Gasteiger partial charge < -0.3 is 4.52 Å². The van der Waals surface area contributed by atoms with Crippen molar-refractivity contribution in [1.29, 1.82) is 0 Å². The van der Waals surface area contributed by atoms with Crippen LogP contribution < -0.4 is 4.67 Å². The van der Waals surface area contributed by atoms with Gasteiger partial charge in [-0.05, 0) is 32.6 Å². The van der Waals surface area contributed by atoms with Crippen molar-refractivity contribution < 1.29 is 9.09 Å². The van der Waals surface area contributed by atoms with Crippen molar-refractivity contribution in [3.8, 4) is 0 Å². The van der Waals surface area contributed by atoms with Gasteiger partial charge in [-0.25, -0.2) is 9.24 Å².